The highest BCUT2D eigenvalue weighted by atomic mass is 16.6. The van der Waals surface area contributed by atoms with Crippen molar-refractivity contribution in [3.05, 3.63) is 0 Å². The minimum Gasteiger partial charge on any atom is -0.450 e. The lowest BCUT2D eigenvalue weighted by Gasteiger charge is -2.11. The Hall–Kier alpha value is -2.08. The molecule has 16 heavy (non-hydrogen) atoms. The van der Waals surface area contributed by atoms with Gasteiger partial charge in [-0.1, -0.05) is 13.3 Å². The Labute approximate surface area is 93.4 Å². The second-order valence-corrected chi connectivity index (χ2v) is 2.87. The Kier molecular flexibility index (Phi) is 7.17. The summed E-state index contributed by atoms with van der Waals surface area (Å²) >= 11 is 0. The van der Waals surface area contributed by atoms with Crippen LogP contribution in [0.3, 0.4) is 0 Å². The van der Waals surface area contributed by atoms with Gasteiger partial charge in [0.2, 0.25) is 0 Å². The highest BCUT2D eigenvalue weighted by molar-refractivity contribution is 5.94. The second kappa shape index (κ2) is 8.25. The van der Waals surface area contributed by atoms with E-state index >= 15 is 0 Å². The third kappa shape index (κ3) is 4.97. The Morgan fingerprint density at radius 1 is 1.12 bits per heavy atom. The maximum Gasteiger partial charge on any atom is 0.321 e. The van der Waals surface area contributed by atoms with Gasteiger partial charge in [0, 0.05) is 0 Å². The minimum atomic E-state index is -1.05. The summed E-state index contributed by atoms with van der Waals surface area (Å²) in [6.45, 7) is 0.997. The molecule has 0 bridgehead atoms. The Bertz CT molecular complexity index is 297. The first-order chi connectivity index (χ1) is 7.67. The fourth-order valence-electron chi connectivity index (χ4n) is 1.03. The van der Waals surface area contributed by atoms with Gasteiger partial charge in [-0.15, -0.1) is 0 Å². The van der Waals surface area contributed by atoms with E-state index in [1.54, 1.807) is 19.1 Å². The molecular weight excluding hydrogens is 212 g/mol. The van der Waals surface area contributed by atoms with Crippen molar-refractivity contribution in [1.29, 1.82) is 10.5 Å². The van der Waals surface area contributed by atoms with Gasteiger partial charge >= 0.3 is 11.9 Å². The minimum absolute atomic E-state index is 0.272. The molecule has 0 aliphatic rings. The molecule has 0 spiro atoms. The number of esters is 2. The van der Waals surface area contributed by atoms with E-state index in [-0.39, 0.29) is 6.42 Å². The van der Waals surface area contributed by atoms with E-state index in [2.05, 4.69) is 9.47 Å². The zero-order valence-corrected chi connectivity index (χ0v) is 8.93. The SMILES string of the molecule is CCCC(C(=O)OCC#N)C(=O)OCC#N. The van der Waals surface area contributed by atoms with Crippen molar-refractivity contribution in [2.24, 2.45) is 5.92 Å². The molecule has 0 saturated carbocycles. The zero-order valence-electron chi connectivity index (χ0n) is 8.93. The number of hydrogen-bond acceptors (Lipinski definition) is 6. The lowest BCUT2D eigenvalue weighted by Crippen LogP contribution is -2.28. The van der Waals surface area contributed by atoms with Crippen molar-refractivity contribution >= 4 is 11.9 Å². The van der Waals surface area contributed by atoms with Crippen LogP contribution in [0.1, 0.15) is 19.8 Å². The number of nitriles is 2. The molecule has 0 unspecified atom stereocenters. The smallest absolute Gasteiger partial charge is 0.321 e. The standard InChI is InChI=1S/C10H12N2O4/c1-2-3-8(9(13)15-6-4-11)10(14)16-7-5-12/h8H,2-3,6-7H2,1H3. The van der Waals surface area contributed by atoms with Gasteiger partial charge in [-0.3, -0.25) is 9.59 Å². The van der Waals surface area contributed by atoms with Crippen LogP contribution in [0.5, 0.6) is 0 Å². The van der Waals surface area contributed by atoms with Gasteiger partial charge < -0.3 is 9.47 Å². The summed E-state index contributed by atoms with van der Waals surface area (Å²) in [5.41, 5.74) is 0. The molecule has 0 aromatic rings. The van der Waals surface area contributed by atoms with Crippen molar-refractivity contribution in [2.45, 2.75) is 19.8 Å². The van der Waals surface area contributed by atoms with Crippen LogP contribution in [-0.4, -0.2) is 25.2 Å². The van der Waals surface area contributed by atoms with Crippen molar-refractivity contribution in [2.75, 3.05) is 13.2 Å². The summed E-state index contributed by atoms with van der Waals surface area (Å²) in [5, 5.41) is 16.4. The van der Waals surface area contributed by atoms with E-state index in [1.165, 1.54) is 0 Å². The van der Waals surface area contributed by atoms with Crippen LogP contribution in [0.15, 0.2) is 0 Å². The van der Waals surface area contributed by atoms with E-state index in [1.807, 2.05) is 0 Å². The van der Waals surface area contributed by atoms with Gasteiger partial charge in [-0.05, 0) is 6.42 Å². The first-order valence-corrected chi connectivity index (χ1v) is 4.74. The lowest BCUT2D eigenvalue weighted by atomic mass is 10.0. The predicted octanol–water partition coefficient (Wildman–Crippen LogP) is 0.536. The van der Waals surface area contributed by atoms with Gasteiger partial charge in [-0.2, -0.15) is 10.5 Å². The van der Waals surface area contributed by atoms with Crippen molar-refractivity contribution in [3.8, 4) is 12.1 Å². The van der Waals surface area contributed by atoms with Gasteiger partial charge in [0.15, 0.2) is 19.1 Å². The van der Waals surface area contributed by atoms with E-state index in [9.17, 15) is 9.59 Å². The third-order valence-corrected chi connectivity index (χ3v) is 1.70. The highest BCUT2D eigenvalue weighted by Crippen LogP contribution is 2.11. The summed E-state index contributed by atoms with van der Waals surface area (Å²) in [7, 11) is 0. The molecule has 0 atom stereocenters. The van der Waals surface area contributed by atoms with Crippen LogP contribution in [0.25, 0.3) is 0 Å². The predicted molar refractivity (Wildman–Crippen MR) is 51.5 cm³/mol. The first kappa shape index (κ1) is 13.9. The summed E-state index contributed by atoms with van der Waals surface area (Å²) in [6, 6.07) is 3.26. The zero-order chi connectivity index (χ0) is 12.4. The molecule has 0 fully saturated rings. The Morgan fingerprint density at radius 2 is 1.56 bits per heavy atom. The second-order valence-electron chi connectivity index (χ2n) is 2.87. The average molecular weight is 224 g/mol. The molecule has 0 heterocycles. The van der Waals surface area contributed by atoms with Gasteiger partial charge in [0.1, 0.15) is 12.1 Å². The van der Waals surface area contributed by atoms with Crippen LogP contribution < -0.4 is 0 Å². The normalized spacial score (nSPS) is 9.00. The molecule has 0 saturated heterocycles. The summed E-state index contributed by atoms with van der Waals surface area (Å²) in [5.74, 6) is -2.62. The van der Waals surface area contributed by atoms with E-state index in [0.717, 1.165) is 0 Å². The molecule has 6 heteroatoms. The quantitative estimate of drug-likeness (QED) is 0.482. The molecule has 6 nitrogen and oxygen atoms in total. The van der Waals surface area contributed by atoms with Gasteiger partial charge in [0.05, 0.1) is 0 Å². The molecule has 0 radical (unpaired) electrons. The fraction of sp³-hybridized carbons (Fsp3) is 0.600. The van der Waals surface area contributed by atoms with Crippen molar-refractivity contribution in [3.63, 3.8) is 0 Å². The van der Waals surface area contributed by atoms with Crippen LogP contribution >= 0.6 is 0 Å². The molecular formula is C10H12N2O4. The van der Waals surface area contributed by atoms with Crippen LogP contribution in [0, 0.1) is 28.6 Å². The maximum atomic E-state index is 11.3. The molecule has 0 aliphatic heterocycles. The maximum absolute atomic E-state index is 11.3. The lowest BCUT2D eigenvalue weighted by molar-refractivity contribution is -0.160. The van der Waals surface area contributed by atoms with E-state index in [4.69, 9.17) is 10.5 Å². The molecule has 86 valence electrons. The Morgan fingerprint density at radius 3 is 1.88 bits per heavy atom. The Balaban J connectivity index is 4.36. The van der Waals surface area contributed by atoms with Gasteiger partial charge in [0.25, 0.3) is 0 Å². The molecule has 0 N–H and O–H groups in total. The number of nitrogens with zero attached hydrogens (tertiary/aromatic N) is 2. The molecule has 0 rings (SSSR count). The monoisotopic (exact) mass is 224 g/mol. The van der Waals surface area contributed by atoms with Crippen LogP contribution in [0.4, 0.5) is 0 Å². The first-order valence-electron chi connectivity index (χ1n) is 4.74. The molecule has 0 aromatic carbocycles. The number of hydrogen-bond donors (Lipinski definition) is 0. The number of carbonyl (C=O) groups excluding carboxylic acids is 2. The van der Waals surface area contributed by atoms with E-state index < -0.39 is 31.1 Å². The molecule has 0 aliphatic carbocycles. The van der Waals surface area contributed by atoms with Crippen LogP contribution in [-0.2, 0) is 19.1 Å². The van der Waals surface area contributed by atoms with Gasteiger partial charge in [-0.25, -0.2) is 0 Å². The number of rotatable bonds is 6. The number of carbonyl (C=O) groups is 2. The topological polar surface area (TPSA) is 100 Å². The summed E-state index contributed by atoms with van der Waals surface area (Å²) in [4.78, 5) is 22.7. The third-order valence-electron chi connectivity index (χ3n) is 1.70. The van der Waals surface area contributed by atoms with E-state index in [0.29, 0.717) is 6.42 Å². The summed E-state index contributed by atoms with van der Waals surface area (Å²) < 4.78 is 9.05. The largest absolute Gasteiger partial charge is 0.450 e. The highest BCUT2D eigenvalue weighted by Gasteiger charge is 2.28. The molecule has 0 amide bonds. The van der Waals surface area contributed by atoms with Crippen molar-refractivity contribution < 1.29 is 19.1 Å². The number of ether oxygens (including phenoxy) is 2. The average Bonchev–Trinajstić information content (AvgIpc) is 2.29. The van der Waals surface area contributed by atoms with Crippen LogP contribution in [0.2, 0.25) is 0 Å². The molecule has 0 aromatic heterocycles. The van der Waals surface area contributed by atoms with Crippen molar-refractivity contribution in [1.82, 2.24) is 0 Å². The fourth-order valence-corrected chi connectivity index (χ4v) is 1.03. The summed E-state index contributed by atoms with van der Waals surface area (Å²) in [6.07, 6.45) is 0.864.